The molecule has 0 spiro atoms. The van der Waals surface area contributed by atoms with Crippen LogP contribution in [0.3, 0.4) is 0 Å². The molecule has 30 heavy (non-hydrogen) atoms. The summed E-state index contributed by atoms with van der Waals surface area (Å²) in [6.45, 7) is 9.24. The van der Waals surface area contributed by atoms with E-state index in [1.165, 1.54) is 12.0 Å². The number of aliphatic imine (C=N–C) groups is 1. The van der Waals surface area contributed by atoms with E-state index in [1.807, 2.05) is 31.4 Å². The van der Waals surface area contributed by atoms with E-state index in [9.17, 15) is 0 Å². The van der Waals surface area contributed by atoms with Crippen molar-refractivity contribution in [2.24, 2.45) is 16.3 Å². The zero-order valence-corrected chi connectivity index (χ0v) is 20.9. The fourth-order valence-electron chi connectivity index (χ4n) is 4.02. The molecule has 0 saturated carbocycles. The number of ether oxygens (including phenoxy) is 1. The fourth-order valence-corrected chi connectivity index (χ4v) is 4.02. The molecule has 3 rings (SSSR count). The van der Waals surface area contributed by atoms with Gasteiger partial charge in [0.15, 0.2) is 5.96 Å². The third kappa shape index (κ3) is 6.94. The predicted molar refractivity (Wildman–Crippen MR) is 135 cm³/mol. The highest BCUT2D eigenvalue weighted by atomic mass is 127. The van der Waals surface area contributed by atoms with Gasteiger partial charge in [0.2, 0.25) is 0 Å². The molecular weight excluding hydrogens is 487 g/mol. The molecule has 2 unspecified atom stereocenters. The number of nitrogens with zero attached hydrogens (tertiary/aromatic N) is 2. The molecule has 2 aromatic rings. The molecule has 164 valence electrons. The Hall–Kier alpha value is -1.67. The maximum absolute atomic E-state index is 6.10. The van der Waals surface area contributed by atoms with Gasteiger partial charge < -0.3 is 15.4 Å². The SMILES string of the molecule is CN=C(NCc1cccc(-c2ccccn2)c1)NCC1CCCOC1C(C)(C)C.I. The van der Waals surface area contributed by atoms with Gasteiger partial charge in [-0.2, -0.15) is 0 Å². The molecule has 2 atom stereocenters. The average Bonchev–Trinajstić information content (AvgIpc) is 2.74. The van der Waals surface area contributed by atoms with E-state index >= 15 is 0 Å². The minimum atomic E-state index is 0. The van der Waals surface area contributed by atoms with E-state index in [0.29, 0.717) is 12.5 Å². The Morgan fingerprint density at radius 1 is 1.17 bits per heavy atom. The van der Waals surface area contributed by atoms with Crippen molar-refractivity contribution in [2.75, 3.05) is 20.2 Å². The first-order chi connectivity index (χ1) is 14.0. The Morgan fingerprint density at radius 2 is 2.00 bits per heavy atom. The summed E-state index contributed by atoms with van der Waals surface area (Å²) < 4.78 is 6.10. The second-order valence-electron chi connectivity index (χ2n) is 8.78. The molecule has 2 heterocycles. The van der Waals surface area contributed by atoms with Crippen LogP contribution in [0.25, 0.3) is 11.3 Å². The fraction of sp³-hybridized carbons (Fsp3) is 0.500. The maximum atomic E-state index is 6.10. The minimum Gasteiger partial charge on any atom is -0.377 e. The highest BCUT2D eigenvalue weighted by Gasteiger charge is 2.35. The Bertz CT molecular complexity index is 804. The molecule has 1 aromatic heterocycles. The van der Waals surface area contributed by atoms with Gasteiger partial charge >= 0.3 is 0 Å². The molecule has 0 aliphatic carbocycles. The van der Waals surface area contributed by atoms with Crippen molar-refractivity contribution in [1.29, 1.82) is 0 Å². The number of pyridine rings is 1. The summed E-state index contributed by atoms with van der Waals surface area (Å²) in [5.74, 6) is 1.32. The van der Waals surface area contributed by atoms with Crippen LogP contribution >= 0.6 is 24.0 Å². The van der Waals surface area contributed by atoms with Crippen LogP contribution in [0.15, 0.2) is 53.7 Å². The van der Waals surface area contributed by atoms with Gasteiger partial charge in [0.25, 0.3) is 0 Å². The highest BCUT2D eigenvalue weighted by molar-refractivity contribution is 14.0. The number of halogens is 1. The van der Waals surface area contributed by atoms with Crippen LogP contribution in [0.4, 0.5) is 0 Å². The number of hydrogen-bond donors (Lipinski definition) is 2. The van der Waals surface area contributed by atoms with Crippen LogP contribution in [0.5, 0.6) is 0 Å². The lowest BCUT2D eigenvalue weighted by Gasteiger charge is -2.40. The lowest BCUT2D eigenvalue weighted by Crippen LogP contribution is -2.47. The average molecular weight is 522 g/mol. The number of benzene rings is 1. The highest BCUT2D eigenvalue weighted by Crippen LogP contribution is 2.33. The second kappa shape index (κ2) is 11.6. The van der Waals surface area contributed by atoms with E-state index in [2.05, 4.69) is 65.6 Å². The van der Waals surface area contributed by atoms with Crippen molar-refractivity contribution in [3.63, 3.8) is 0 Å². The van der Waals surface area contributed by atoms with Crippen LogP contribution < -0.4 is 10.6 Å². The molecule has 1 aliphatic heterocycles. The van der Waals surface area contributed by atoms with Gasteiger partial charge in [0, 0.05) is 44.4 Å². The van der Waals surface area contributed by atoms with E-state index < -0.39 is 0 Å². The molecule has 1 fully saturated rings. The van der Waals surface area contributed by atoms with Gasteiger partial charge in [-0.05, 0) is 42.0 Å². The first-order valence-electron chi connectivity index (χ1n) is 10.5. The lowest BCUT2D eigenvalue weighted by atomic mass is 9.78. The third-order valence-electron chi connectivity index (χ3n) is 5.40. The molecule has 0 bridgehead atoms. The van der Waals surface area contributed by atoms with Gasteiger partial charge in [-0.3, -0.25) is 9.98 Å². The molecule has 5 nitrogen and oxygen atoms in total. The molecule has 6 heteroatoms. The Kier molecular flexibility index (Phi) is 9.55. The van der Waals surface area contributed by atoms with Gasteiger partial charge in [-0.1, -0.05) is 45.0 Å². The van der Waals surface area contributed by atoms with Gasteiger partial charge in [0.05, 0.1) is 11.8 Å². The molecular formula is C24H35IN4O. The number of nitrogens with one attached hydrogen (secondary N) is 2. The van der Waals surface area contributed by atoms with Crippen molar-refractivity contribution < 1.29 is 4.74 Å². The van der Waals surface area contributed by atoms with Gasteiger partial charge in [0.1, 0.15) is 0 Å². The first-order valence-corrected chi connectivity index (χ1v) is 10.5. The summed E-state index contributed by atoms with van der Waals surface area (Å²) in [6.07, 6.45) is 4.42. The Morgan fingerprint density at radius 3 is 2.70 bits per heavy atom. The summed E-state index contributed by atoms with van der Waals surface area (Å²) in [5, 5.41) is 6.94. The zero-order chi connectivity index (χ0) is 20.7. The predicted octanol–water partition coefficient (Wildman–Crippen LogP) is 4.87. The summed E-state index contributed by atoms with van der Waals surface area (Å²) >= 11 is 0. The quantitative estimate of drug-likeness (QED) is 0.334. The lowest BCUT2D eigenvalue weighted by molar-refractivity contribution is -0.0835. The van der Waals surface area contributed by atoms with Gasteiger partial charge in [-0.15, -0.1) is 24.0 Å². The molecule has 0 radical (unpaired) electrons. The van der Waals surface area contributed by atoms with Crippen molar-refractivity contribution >= 4 is 29.9 Å². The van der Waals surface area contributed by atoms with Crippen LogP contribution in [0.2, 0.25) is 0 Å². The van der Waals surface area contributed by atoms with Crippen molar-refractivity contribution in [2.45, 2.75) is 46.3 Å². The Balaban J connectivity index is 0.00000320. The largest absolute Gasteiger partial charge is 0.377 e. The number of rotatable bonds is 5. The van der Waals surface area contributed by atoms with Crippen LogP contribution in [0, 0.1) is 11.3 Å². The number of hydrogen-bond acceptors (Lipinski definition) is 3. The van der Waals surface area contributed by atoms with E-state index in [-0.39, 0.29) is 35.5 Å². The van der Waals surface area contributed by atoms with Crippen LogP contribution in [-0.4, -0.2) is 37.2 Å². The van der Waals surface area contributed by atoms with Crippen molar-refractivity contribution in [1.82, 2.24) is 15.6 Å². The Labute approximate surface area is 198 Å². The van der Waals surface area contributed by atoms with Crippen LogP contribution in [-0.2, 0) is 11.3 Å². The van der Waals surface area contributed by atoms with E-state index in [4.69, 9.17) is 4.74 Å². The van der Waals surface area contributed by atoms with Crippen LogP contribution in [0.1, 0.15) is 39.2 Å². The topological polar surface area (TPSA) is 58.5 Å². The summed E-state index contributed by atoms with van der Waals surface area (Å²) in [5.41, 5.74) is 3.46. The summed E-state index contributed by atoms with van der Waals surface area (Å²) in [7, 11) is 1.82. The van der Waals surface area contributed by atoms with Crippen molar-refractivity contribution in [3.05, 3.63) is 54.2 Å². The first kappa shape index (κ1) is 24.6. The molecule has 0 amide bonds. The molecule has 1 aliphatic rings. The van der Waals surface area contributed by atoms with E-state index in [0.717, 1.165) is 36.8 Å². The van der Waals surface area contributed by atoms with E-state index in [1.54, 1.807) is 0 Å². The summed E-state index contributed by atoms with van der Waals surface area (Å²) in [4.78, 5) is 8.84. The third-order valence-corrected chi connectivity index (χ3v) is 5.40. The minimum absolute atomic E-state index is 0. The smallest absolute Gasteiger partial charge is 0.191 e. The standard InChI is InChI=1S/C24H34N4O.HI/c1-24(2,3)22-20(11-8-14-29-22)17-28-23(25-4)27-16-18-9-7-10-19(15-18)21-12-5-6-13-26-21;/h5-7,9-10,12-13,15,20,22H,8,11,14,16-17H2,1-4H3,(H2,25,27,28);1H. The molecule has 2 N–H and O–H groups in total. The van der Waals surface area contributed by atoms with Gasteiger partial charge in [-0.25, -0.2) is 0 Å². The van der Waals surface area contributed by atoms with Crippen molar-refractivity contribution in [3.8, 4) is 11.3 Å². The summed E-state index contributed by atoms with van der Waals surface area (Å²) in [6, 6.07) is 14.4. The normalized spacial score (nSPS) is 19.7. The number of guanidine groups is 1. The zero-order valence-electron chi connectivity index (χ0n) is 18.5. The molecule has 1 aromatic carbocycles. The monoisotopic (exact) mass is 522 g/mol. The molecule has 1 saturated heterocycles. The maximum Gasteiger partial charge on any atom is 0.191 e. The second-order valence-corrected chi connectivity index (χ2v) is 8.78. The number of aromatic nitrogens is 1.